The van der Waals surface area contributed by atoms with Crippen molar-refractivity contribution >= 4 is 27.9 Å². The highest BCUT2D eigenvalue weighted by molar-refractivity contribution is 7.15. The number of carbonyl (C=O) groups excluding carboxylic acids is 1. The lowest BCUT2D eigenvalue weighted by Gasteiger charge is -2.23. The second-order valence-electron chi connectivity index (χ2n) is 8.80. The maximum absolute atomic E-state index is 13.6. The van der Waals surface area contributed by atoms with Crippen molar-refractivity contribution in [2.45, 2.75) is 45.7 Å². The quantitative estimate of drug-likeness (QED) is 0.352. The highest BCUT2D eigenvalue weighted by atomic mass is 32.1. The van der Waals surface area contributed by atoms with E-state index in [2.05, 4.69) is 42.8 Å². The molecule has 0 spiro atoms. The summed E-state index contributed by atoms with van der Waals surface area (Å²) in [6, 6.07) is 2.14. The Bertz CT molecular complexity index is 1480. The normalized spacial score (nSPS) is 15.9. The third-order valence-electron chi connectivity index (χ3n) is 5.98. The van der Waals surface area contributed by atoms with Crippen LogP contribution in [-0.4, -0.2) is 64.2 Å². The first-order valence-electron chi connectivity index (χ1n) is 13.1. The average Bonchev–Trinajstić information content (AvgIpc) is 3.52. The number of hydrogen-bond acceptors (Lipinski definition) is 9. The molecule has 0 radical (unpaired) electrons. The molecule has 1 atom stereocenters. The van der Waals surface area contributed by atoms with Crippen LogP contribution < -0.4 is 10.6 Å². The molecule has 1 amide bonds. The molecule has 10 nitrogen and oxygen atoms in total. The molecule has 3 aromatic heterocycles. The molecule has 3 aromatic rings. The maximum atomic E-state index is 13.6. The lowest BCUT2D eigenvalue weighted by atomic mass is 9.94. The fourth-order valence-electron chi connectivity index (χ4n) is 3.78. The molecular weight excluding hydrogens is 552 g/mol. The van der Waals surface area contributed by atoms with Gasteiger partial charge in [-0.05, 0) is 37.0 Å². The van der Waals surface area contributed by atoms with Gasteiger partial charge in [0.05, 0.1) is 31.5 Å². The number of halogens is 2. The van der Waals surface area contributed by atoms with Gasteiger partial charge in [-0.3, -0.25) is 19.8 Å². The van der Waals surface area contributed by atoms with Crippen LogP contribution in [0.25, 0.3) is 17.0 Å². The molecule has 0 aromatic carbocycles. The van der Waals surface area contributed by atoms with Gasteiger partial charge < -0.3 is 14.8 Å². The number of dihydropyridines is 1. The van der Waals surface area contributed by atoms with Crippen molar-refractivity contribution in [3.05, 3.63) is 58.7 Å². The van der Waals surface area contributed by atoms with Crippen LogP contribution in [0.5, 0.6) is 0 Å². The minimum atomic E-state index is -2.68. The molecule has 1 saturated carbocycles. The zero-order chi connectivity index (χ0) is 29.4. The number of hydrogen-bond donors (Lipinski definition) is 2. The van der Waals surface area contributed by atoms with Gasteiger partial charge in [0.25, 0.3) is 12.3 Å². The maximum Gasteiger partial charge on any atom is 0.261 e. The van der Waals surface area contributed by atoms with E-state index < -0.39 is 18.4 Å². The summed E-state index contributed by atoms with van der Waals surface area (Å²) in [6.07, 6.45) is 5.37. The minimum Gasteiger partial charge on any atom is -0.495 e. The topological polar surface area (TPSA) is 116 Å². The molecule has 2 aliphatic rings. The summed E-state index contributed by atoms with van der Waals surface area (Å²) in [7, 11) is 3.03. The van der Waals surface area contributed by atoms with Crippen LogP contribution in [0.4, 0.5) is 13.9 Å². The molecule has 4 heterocycles. The summed E-state index contributed by atoms with van der Waals surface area (Å²) in [6.45, 7) is 5.03. The van der Waals surface area contributed by atoms with E-state index in [1.165, 1.54) is 25.6 Å². The van der Waals surface area contributed by atoms with Crippen LogP contribution in [0.2, 0.25) is 0 Å². The molecule has 13 heteroatoms. The number of nitrogens with zero attached hydrogens (tertiary/aromatic N) is 5. The second kappa shape index (κ2) is 14.0. The van der Waals surface area contributed by atoms with Gasteiger partial charge >= 0.3 is 0 Å². The molecule has 1 aliphatic carbocycles. The Labute approximate surface area is 240 Å². The number of allylic oxidation sites excluding steroid dienone is 1. The molecule has 216 valence electrons. The number of ether oxygens (including phenoxy) is 2. The first-order valence-corrected chi connectivity index (χ1v) is 14.0. The van der Waals surface area contributed by atoms with E-state index in [-0.39, 0.29) is 16.5 Å². The Hall–Kier alpha value is -4.15. The van der Waals surface area contributed by atoms with Gasteiger partial charge in [-0.25, -0.2) is 8.78 Å². The summed E-state index contributed by atoms with van der Waals surface area (Å²) < 4.78 is 39.5. The molecule has 1 fully saturated rings. The van der Waals surface area contributed by atoms with E-state index >= 15 is 0 Å². The van der Waals surface area contributed by atoms with Gasteiger partial charge in [0.1, 0.15) is 17.5 Å². The van der Waals surface area contributed by atoms with E-state index in [1.807, 2.05) is 13.8 Å². The molecule has 1 unspecified atom stereocenters. The molecule has 41 heavy (non-hydrogen) atoms. The van der Waals surface area contributed by atoms with Gasteiger partial charge in [0.2, 0.25) is 5.13 Å². The highest BCUT2D eigenvalue weighted by Crippen LogP contribution is 2.33. The van der Waals surface area contributed by atoms with E-state index in [4.69, 9.17) is 9.47 Å². The van der Waals surface area contributed by atoms with Crippen molar-refractivity contribution < 1.29 is 23.0 Å². The Kier molecular flexibility index (Phi) is 10.2. The summed E-state index contributed by atoms with van der Waals surface area (Å²) in [4.78, 5) is 17.9. The lowest BCUT2D eigenvalue weighted by Crippen LogP contribution is -2.33. The third-order valence-corrected chi connectivity index (χ3v) is 6.74. The van der Waals surface area contributed by atoms with Gasteiger partial charge in [0, 0.05) is 42.8 Å². The Morgan fingerprint density at radius 3 is 2.78 bits per heavy atom. The molecule has 0 bridgehead atoms. The van der Waals surface area contributed by atoms with Crippen molar-refractivity contribution in [3.8, 4) is 23.2 Å². The fraction of sp³-hybridized carbons (Fsp3) is 0.393. The number of carbonyl (C=O) groups is 1. The van der Waals surface area contributed by atoms with E-state index in [0.717, 1.165) is 24.2 Å². The summed E-state index contributed by atoms with van der Waals surface area (Å²) in [5.74, 6) is 6.25. The number of nitrogens with one attached hydrogen (secondary N) is 2. The summed E-state index contributed by atoms with van der Waals surface area (Å²) in [5.41, 5.74) is 1.81. The molecule has 5 rings (SSSR count). The monoisotopic (exact) mass is 583 g/mol. The smallest absolute Gasteiger partial charge is 0.261 e. The van der Waals surface area contributed by atoms with Crippen molar-refractivity contribution in [3.63, 3.8) is 0 Å². The van der Waals surface area contributed by atoms with Gasteiger partial charge in [-0.2, -0.15) is 5.10 Å². The van der Waals surface area contributed by atoms with Crippen LogP contribution in [0.15, 0.2) is 42.6 Å². The lowest BCUT2D eigenvalue weighted by molar-refractivity contribution is 0.102. The van der Waals surface area contributed by atoms with E-state index in [0.29, 0.717) is 46.6 Å². The fourth-order valence-corrected chi connectivity index (χ4v) is 4.38. The van der Waals surface area contributed by atoms with Crippen LogP contribution in [0.1, 0.15) is 47.6 Å². The Morgan fingerprint density at radius 2 is 2.07 bits per heavy atom. The highest BCUT2D eigenvalue weighted by Gasteiger charge is 2.27. The first kappa shape index (κ1) is 29.8. The van der Waals surface area contributed by atoms with Crippen molar-refractivity contribution in [1.82, 2.24) is 30.3 Å². The van der Waals surface area contributed by atoms with Crippen LogP contribution in [0.3, 0.4) is 0 Å². The SMILES string of the molecule is CC.COCCn1ccc(-c2cc(C3=CC(C(F)F)NC=C3OC)c(C(=O)Nc3nnc(C#CC4CC4)s3)cn2)n1. The van der Waals surface area contributed by atoms with E-state index in [9.17, 15) is 13.6 Å². The van der Waals surface area contributed by atoms with Crippen molar-refractivity contribution in [2.75, 3.05) is 26.1 Å². The van der Waals surface area contributed by atoms with Crippen LogP contribution >= 0.6 is 11.3 Å². The number of aromatic nitrogens is 5. The number of methoxy groups -OCH3 is 2. The minimum absolute atomic E-state index is 0.141. The molecule has 2 N–H and O–H groups in total. The number of pyridine rings is 1. The standard InChI is InChI=1S/C26H25F2N7O3S.C2H6/c1-37-10-9-35-8-7-19(34-35)20-11-16(17-12-21(24(27)28)30-14-22(17)38-2)18(13-29-20)25(36)31-26-33-32-23(39-26)6-5-15-3-4-15;1-2/h7-8,11-15,21,24,30H,3-4,9-10H2,1-2H3,(H,31,33,36);1-2H3. The number of amides is 1. The number of rotatable bonds is 9. The van der Waals surface area contributed by atoms with Crippen LogP contribution in [0, 0.1) is 17.8 Å². The van der Waals surface area contributed by atoms with Gasteiger partial charge in [-0.15, -0.1) is 10.2 Å². The summed E-state index contributed by atoms with van der Waals surface area (Å²) in [5, 5.41) is 18.7. The Morgan fingerprint density at radius 1 is 1.27 bits per heavy atom. The number of alkyl halides is 2. The van der Waals surface area contributed by atoms with Gasteiger partial charge in [-0.1, -0.05) is 31.1 Å². The average molecular weight is 584 g/mol. The number of anilines is 1. The zero-order valence-corrected chi connectivity index (χ0v) is 24.0. The molecule has 1 aliphatic heterocycles. The first-order chi connectivity index (χ1) is 19.9. The summed E-state index contributed by atoms with van der Waals surface area (Å²) >= 11 is 1.15. The largest absolute Gasteiger partial charge is 0.495 e. The van der Waals surface area contributed by atoms with Gasteiger partial charge in [0.15, 0.2) is 5.01 Å². The molecular formula is C28H31F2N7O3S. The van der Waals surface area contributed by atoms with Crippen molar-refractivity contribution in [2.24, 2.45) is 5.92 Å². The van der Waals surface area contributed by atoms with E-state index in [1.54, 1.807) is 30.1 Å². The second-order valence-corrected chi connectivity index (χ2v) is 9.78. The zero-order valence-electron chi connectivity index (χ0n) is 23.1. The van der Waals surface area contributed by atoms with Crippen LogP contribution in [-0.2, 0) is 16.0 Å². The predicted octanol–water partition coefficient (Wildman–Crippen LogP) is 4.59. The predicted molar refractivity (Wildman–Crippen MR) is 152 cm³/mol. The molecule has 0 saturated heterocycles. The third kappa shape index (κ3) is 7.53. The van der Waals surface area contributed by atoms with Crippen molar-refractivity contribution in [1.29, 1.82) is 0 Å². The Balaban J connectivity index is 0.00000189.